The number of nitrogens with one attached hydrogen (secondary N) is 1. The third kappa shape index (κ3) is 3.39. The fourth-order valence-electron chi connectivity index (χ4n) is 2.25. The van der Waals surface area contributed by atoms with Crippen molar-refractivity contribution in [3.8, 4) is 0 Å². The molecule has 1 aliphatic rings. The minimum Gasteiger partial charge on any atom is -0.399 e. The summed E-state index contributed by atoms with van der Waals surface area (Å²) in [5, 5.41) is 3.01. The molecule has 110 valence electrons. The maximum Gasteiger partial charge on any atom is 0.242 e. The lowest BCUT2D eigenvalue weighted by atomic mass is 10.1. The first-order valence-electron chi connectivity index (χ1n) is 7.05. The summed E-state index contributed by atoms with van der Waals surface area (Å²) < 4.78 is 0. The quantitative estimate of drug-likeness (QED) is 0.837. The molecule has 3 N–H and O–H groups in total. The molecule has 5 heteroatoms. The van der Waals surface area contributed by atoms with Crippen LogP contribution in [0.3, 0.4) is 0 Å². The lowest BCUT2D eigenvalue weighted by Crippen LogP contribution is -2.48. The van der Waals surface area contributed by atoms with Gasteiger partial charge in [0.05, 0.1) is 5.69 Å². The molecule has 1 aromatic rings. The Hall–Kier alpha value is -1.36. The molecule has 1 aromatic carbocycles. The second-order valence-electron chi connectivity index (χ2n) is 5.58. The largest absolute Gasteiger partial charge is 0.399 e. The van der Waals surface area contributed by atoms with Crippen molar-refractivity contribution < 1.29 is 4.79 Å². The summed E-state index contributed by atoms with van der Waals surface area (Å²) in [6.07, 6.45) is 0. The number of nitrogens with two attached hydrogens (primary N) is 1. The highest BCUT2D eigenvalue weighted by molar-refractivity contribution is 7.99. The van der Waals surface area contributed by atoms with Crippen LogP contribution >= 0.6 is 11.8 Å². The fraction of sp³-hybridized carbons (Fsp3) is 0.533. The van der Waals surface area contributed by atoms with Crippen LogP contribution in [0.15, 0.2) is 23.1 Å². The molecule has 0 radical (unpaired) electrons. The predicted octanol–water partition coefficient (Wildman–Crippen LogP) is 2.34. The van der Waals surface area contributed by atoms with Crippen LogP contribution in [0.1, 0.15) is 20.8 Å². The molecule has 1 heterocycles. The van der Waals surface area contributed by atoms with Crippen molar-refractivity contribution in [1.82, 2.24) is 5.32 Å². The smallest absolute Gasteiger partial charge is 0.242 e. The molecule has 1 aliphatic heterocycles. The SMILES string of the molecule is CC(C)CNC(=O)C(C)N1CCSc2ccc(N)cc21. The summed E-state index contributed by atoms with van der Waals surface area (Å²) in [6.45, 7) is 7.74. The highest BCUT2D eigenvalue weighted by Crippen LogP contribution is 2.37. The van der Waals surface area contributed by atoms with Crippen molar-refractivity contribution in [2.24, 2.45) is 5.92 Å². The summed E-state index contributed by atoms with van der Waals surface area (Å²) in [5.41, 5.74) is 7.70. The molecule has 0 aromatic heterocycles. The molecule has 0 bridgehead atoms. The molecule has 0 spiro atoms. The molecule has 2 rings (SSSR count). The number of carbonyl (C=O) groups excluding carboxylic acids is 1. The second kappa shape index (κ2) is 6.39. The van der Waals surface area contributed by atoms with Crippen molar-refractivity contribution in [3.63, 3.8) is 0 Å². The van der Waals surface area contributed by atoms with Gasteiger partial charge in [-0.15, -0.1) is 11.8 Å². The normalized spacial score (nSPS) is 15.9. The topological polar surface area (TPSA) is 58.4 Å². The maximum absolute atomic E-state index is 12.3. The molecule has 1 unspecified atom stereocenters. The highest BCUT2D eigenvalue weighted by atomic mass is 32.2. The van der Waals surface area contributed by atoms with Gasteiger partial charge < -0.3 is 16.0 Å². The van der Waals surface area contributed by atoms with Crippen molar-refractivity contribution in [2.45, 2.75) is 31.7 Å². The van der Waals surface area contributed by atoms with E-state index in [1.807, 2.05) is 36.9 Å². The Balaban J connectivity index is 2.13. The van der Waals surface area contributed by atoms with Gasteiger partial charge in [0.2, 0.25) is 5.91 Å². The van der Waals surface area contributed by atoms with Crippen molar-refractivity contribution in [2.75, 3.05) is 29.5 Å². The van der Waals surface area contributed by atoms with Gasteiger partial charge in [0.1, 0.15) is 6.04 Å². The third-order valence-electron chi connectivity index (χ3n) is 3.41. The Morgan fingerprint density at radius 3 is 2.90 bits per heavy atom. The summed E-state index contributed by atoms with van der Waals surface area (Å²) in [5.74, 6) is 1.54. The van der Waals surface area contributed by atoms with Gasteiger partial charge in [-0.25, -0.2) is 0 Å². The fourth-order valence-corrected chi connectivity index (χ4v) is 3.25. The van der Waals surface area contributed by atoms with Crippen LogP contribution in [0, 0.1) is 5.92 Å². The van der Waals surface area contributed by atoms with Crippen molar-refractivity contribution in [1.29, 1.82) is 0 Å². The van der Waals surface area contributed by atoms with E-state index in [0.717, 1.165) is 30.2 Å². The van der Waals surface area contributed by atoms with Gasteiger partial charge in [0.15, 0.2) is 0 Å². The number of nitrogens with zero attached hydrogens (tertiary/aromatic N) is 1. The van der Waals surface area contributed by atoms with Gasteiger partial charge in [-0.2, -0.15) is 0 Å². The highest BCUT2D eigenvalue weighted by Gasteiger charge is 2.26. The Morgan fingerprint density at radius 1 is 1.45 bits per heavy atom. The van der Waals surface area contributed by atoms with Gasteiger partial charge in [0, 0.05) is 29.4 Å². The van der Waals surface area contributed by atoms with Crippen LogP contribution in [-0.4, -0.2) is 30.8 Å². The third-order valence-corrected chi connectivity index (χ3v) is 4.46. The summed E-state index contributed by atoms with van der Waals surface area (Å²) in [7, 11) is 0. The first-order valence-corrected chi connectivity index (χ1v) is 8.04. The molecule has 20 heavy (non-hydrogen) atoms. The number of anilines is 2. The number of carbonyl (C=O) groups is 1. The molecular weight excluding hydrogens is 270 g/mol. The van der Waals surface area contributed by atoms with E-state index in [0.29, 0.717) is 5.92 Å². The number of thioether (sulfide) groups is 1. The van der Waals surface area contributed by atoms with Crippen molar-refractivity contribution in [3.05, 3.63) is 18.2 Å². The van der Waals surface area contributed by atoms with E-state index >= 15 is 0 Å². The first-order chi connectivity index (χ1) is 9.49. The second-order valence-corrected chi connectivity index (χ2v) is 6.72. The number of fused-ring (bicyclic) bond motifs is 1. The van der Waals surface area contributed by atoms with Gasteiger partial charge in [0.25, 0.3) is 0 Å². The summed E-state index contributed by atoms with van der Waals surface area (Å²) in [6, 6.07) is 5.75. The molecular formula is C15H23N3OS. The van der Waals surface area contributed by atoms with E-state index in [1.54, 1.807) is 0 Å². The van der Waals surface area contributed by atoms with Crippen LogP contribution in [0.4, 0.5) is 11.4 Å². The molecule has 0 fully saturated rings. The molecule has 0 aliphatic carbocycles. The molecule has 0 saturated heterocycles. The standard InChI is InChI=1S/C15H23N3OS/c1-10(2)9-17-15(19)11(3)18-6-7-20-14-5-4-12(16)8-13(14)18/h4-5,8,10-11H,6-7,9,16H2,1-3H3,(H,17,19). The minimum absolute atomic E-state index is 0.0824. The molecule has 1 amide bonds. The van der Waals surface area contributed by atoms with Crippen LogP contribution in [0.2, 0.25) is 0 Å². The van der Waals surface area contributed by atoms with Gasteiger partial charge in [-0.1, -0.05) is 13.8 Å². The molecule has 0 saturated carbocycles. The van der Waals surface area contributed by atoms with Gasteiger partial charge in [-0.05, 0) is 31.0 Å². The van der Waals surface area contributed by atoms with Crippen LogP contribution in [-0.2, 0) is 4.79 Å². The van der Waals surface area contributed by atoms with Crippen LogP contribution in [0.25, 0.3) is 0 Å². The average molecular weight is 293 g/mol. The van der Waals surface area contributed by atoms with E-state index in [4.69, 9.17) is 5.73 Å². The maximum atomic E-state index is 12.3. The minimum atomic E-state index is -0.171. The zero-order valence-corrected chi connectivity index (χ0v) is 13.2. The molecule has 4 nitrogen and oxygen atoms in total. The van der Waals surface area contributed by atoms with E-state index in [-0.39, 0.29) is 11.9 Å². The van der Waals surface area contributed by atoms with E-state index in [1.165, 1.54) is 4.90 Å². The lowest BCUT2D eigenvalue weighted by Gasteiger charge is -2.35. The number of amides is 1. The average Bonchev–Trinajstić information content (AvgIpc) is 2.43. The number of benzene rings is 1. The molecule has 1 atom stereocenters. The van der Waals surface area contributed by atoms with Crippen LogP contribution < -0.4 is 16.0 Å². The predicted molar refractivity (Wildman–Crippen MR) is 86.2 cm³/mol. The number of hydrogen-bond acceptors (Lipinski definition) is 4. The Bertz CT molecular complexity index is 490. The first kappa shape index (κ1) is 15.0. The Morgan fingerprint density at radius 2 is 2.20 bits per heavy atom. The number of hydrogen-bond donors (Lipinski definition) is 2. The summed E-state index contributed by atoms with van der Waals surface area (Å²) >= 11 is 1.82. The van der Waals surface area contributed by atoms with E-state index < -0.39 is 0 Å². The monoisotopic (exact) mass is 293 g/mol. The zero-order valence-electron chi connectivity index (χ0n) is 12.3. The van der Waals surface area contributed by atoms with Crippen molar-refractivity contribution >= 4 is 29.0 Å². The Labute approximate surface area is 125 Å². The Kier molecular flexibility index (Phi) is 4.81. The van der Waals surface area contributed by atoms with E-state index in [9.17, 15) is 4.79 Å². The summed E-state index contributed by atoms with van der Waals surface area (Å²) in [4.78, 5) is 15.6. The van der Waals surface area contributed by atoms with Crippen LogP contribution in [0.5, 0.6) is 0 Å². The number of rotatable bonds is 4. The number of nitrogen functional groups attached to an aromatic ring is 1. The van der Waals surface area contributed by atoms with E-state index in [2.05, 4.69) is 24.1 Å². The van der Waals surface area contributed by atoms with Gasteiger partial charge >= 0.3 is 0 Å². The lowest BCUT2D eigenvalue weighted by molar-refractivity contribution is -0.122. The zero-order chi connectivity index (χ0) is 14.7. The van der Waals surface area contributed by atoms with Gasteiger partial charge in [-0.3, -0.25) is 4.79 Å².